The minimum absolute atomic E-state index is 0.0458. The van der Waals surface area contributed by atoms with Crippen molar-refractivity contribution in [1.29, 1.82) is 0 Å². The number of hydrogen-bond donors (Lipinski definition) is 0. The lowest BCUT2D eigenvalue weighted by Crippen LogP contribution is -2.45. The topological polar surface area (TPSA) is 51.2 Å². The molecule has 2 bridgehead atoms. The number of Topliss-reactive ketones (excluding diaryl/α,β-unsaturated/α-hetero) is 1. The monoisotopic (exact) mass is 270 g/mol. The van der Waals surface area contributed by atoms with Crippen LogP contribution in [-0.4, -0.2) is 24.7 Å². The second-order valence-corrected chi connectivity index (χ2v) is 8.91. The Morgan fingerprint density at radius 1 is 0.944 bits per heavy atom. The van der Waals surface area contributed by atoms with Crippen LogP contribution in [0.25, 0.3) is 0 Å². The molecule has 0 aromatic carbocycles. The molecule has 0 spiro atoms. The predicted molar refractivity (Wildman–Crippen MR) is 70.0 cm³/mol. The molecule has 4 heteroatoms. The molecule has 3 nitrogen and oxygen atoms in total. The molecule has 1 aliphatic carbocycles. The van der Waals surface area contributed by atoms with Crippen molar-refractivity contribution in [3.8, 4) is 0 Å². The SMILES string of the molecule is O=C(CC1CCC1)C1CC2CCCC(C1)S2(=O)=O. The predicted octanol–water partition coefficient (Wildman–Crippen LogP) is 2.49. The maximum absolute atomic E-state index is 12.2. The fraction of sp³-hybridized carbons (Fsp3) is 0.929. The van der Waals surface area contributed by atoms with Gasteiger partial charge in [-0.15, -0.1) is 0 Å². The van der Waals surface area contributed by atoms with Gasteiger partial charge < -0.3 is 0 Å². The van der Waals surface area contributed by atoms with Crippen molar-refractivity contribution in [3.05, 3.63) is 0 Å². The molecule has 0 aromatic heterocycles. The van der Waals surface area contributed by atoms with Crippen LogP contribution in [-0.2, 0) is 14.6 Å². The van der Waals surface area contributed by atoms with E-state index in [1.807, 2.05) is 0 Å². The number of hydrogen-bond acceptors (Lipinski definition) is 3. The van der Waals surface area contributed by atoms with E-state index in [9.17, 15) is 13.2 Å². The molecule has 1 saturated carbocycles. The summed E-state index contributed by atoms with van der Waals surface area (Å²) < 4.78 is 24.3. The third-order valence-electron chi connectivity index (χ3n) is 5.25. The Labute approximate surface area is 109 Å². The summed E-state index contributed by atoms with van der Waals surface area (Å²) in [6.07, 6.45) is 8.20. The molecule has 2 heterocycles. The molecule has 2 unspecified atom stereocenters. The summed E-state index contributed by atoms with van der Waals surface area (Å²) in [5, 5.41) is -0.416. The first-order valence-electron chi connectivity index (χ1n) is 7.33. The van der Waals surface area contributed by atoms with E-state index in [4.69, 9.17) is 0 Å². The molecular formula is C14H22O3S. The Balaban J connectivity index is 1.67. The third-order valence-corrected chi connectivity index (χ3v) is 7.96. The average molecular weight is 270 g/mol. The summed E-state index contributed by atoms with van der Waals surface area (Å²) in [4.78, 5) is 12.2. The summed E-state index contributed by atoms with van der Waals surface area (Å²) in [5.41, 5.74) is 0. The molecule has 0 amide bonds. The minimum Gasteiger partial charge on any atom is -0.299 e. The Morgan fingerprint density at radius 3 is 2.00 bits per heavy atom. The van der Waals surface area contributed by atoms with Gasteiger partial charge in [-0.1, -0.05) is 25.7 Å². The molecular weight excluding hydrogens is 248 g/mol. The molecule has 2 saturated heterocycles. The first-order valence-corrected chi connectivity index (χ1v) is 8.93. The van der Waals surface area contributed by atoms with Crippen LogP contribution in [0.15, 0.2) is 0 Å². The van der Waals surface area contributed by atoms with Gasteiger partial charge in [0.2, 0.25) is 0 Å². The highest BCUT2D eigenvalue weighted by atomic mass is 32.2. The quantitative estimate of drug-likeness (QED) is 0.791. The Morgan fingerprint density at radius 2 is 1.50 bits per heavy atom. The van der Waals surface area contributed by atoms with Gasteiger partial charge in [-0.05, 0) is 31.6 Å². The van der Waals surface area contributed by atoms with E-state index in [0.29, 0.717) is 31.0 Å². The molecule has 0 radical (unpaired) electrons. The smallest absolute Gasteiger partial charge is 0.156 e. The molecule has 0 N–H and O–H groups in total. The van der Waals surface area contributed by atoms with Crippen LogP contribution in [0.5, 0.6) is 0 Å². The van der Waals surface area contributed by atoms with Gasteiger partial charge in [0, 0.05) is 12.3 Å². The summed E-state index contributed by atoms with van der Waals surface area (Å²) in [7, 11) is -2.90. The van der Waals surface area contributed by atoms with Crippen molar-refractivity contribution >= 4 is 15.6 Å². The normalized spacial score (nSPS) is 39.0. The van der Waals surface area contributed by atoms with Gasteiger partial charge in [-0.2, -0.15) is 0 Å². The molecule has 3 rings (SSSR count). The number of carbonyl (C=O) groups is 1. The minimum atomic E-state index is -2.90. The Bertz CT molecular complexity index is 416. The Hall–Kier alpha value is -0.380. The van der Waals surface area contributed by atoms with Crippen molar-refractivity contribution < 1.29 is 13.2 Å². The number of carbonyl (C=O) groups excluding carboxylic acids is 1. The Kier molecular flexibility index (Phi) is 3.25. The van der Waals surface area contributed by atoms with Crippen LogP contribution in [0.2, 0.25) is 0 Å². The lowest BCUT2D eigenvalue weighted by Gasteiger charge is -2.38. The van der Waals surface area contributed by atoms with E-state index < -0.39 is 9.84 Å². The van der Waals surface area contributed by atoms with Crippen molar-refractivity contribution in [2.24, 2.45) is 11.8 Å². The number of rotatable bonds is 3. The van der Waals surface area contributed by atoms with Crippen LogP contribution in [0, 0.1) is 11.8 Å². The van der Waals surface area contributed by atoms with E-state index in [0.717, 1.165) is 19.3 Å². The van der Waals surface area contributed by atoms with Gasteiger partial charge in [-0.25, -0.2) is 8.42 Å². The van der Waals surface area contributed by atoms with Crippen LogP contribution in [0.4, 0.5) is 0 Å². The molecule has 102 valence electrons. The molecule has 18 heavy (non-hydrogen) atoms. The number of fused-ring (bicyclic) bond motifs is 2. The van der Waals surface area contributed by atoms with Crippen LogP contribution < -0.4 is 0 Å². The fourth-order valence-electron chi connectivity index (χ4n) is 3.82. The van der Waals surface area contributed by atoms with E-state index in [-0.39, 0.29) is 16.4 Å². The van der Waals surface area contributed by atoms with Gasteiger partial charge in [0.05, 0.1) is 10.5 Å². The van der Waals surface area contributed by atoms with Crippen molar-refractivity contribution in [1.82, 2.24) is 0 Å². The van der Waals surface area contributed by atoms with Gasteiger partial charge in [-0.3, -0.25) is 4.79 Å². The van der Waals surface area contributed by atoms with Crippen molar-refractivity contribution in [3.63, 3.8) is 0 Å². The highest BCUT2D eigenvalue weighted by Gasteiger charge is 2.46. The zero-order valence-electron chi connectivity index (χ0n) is 10.8. The van der Waals surface area contributed by atoms with E-state index in [1.165, 1.54) is 19.3 Å². The summed E-state index contributed by atoms with van der Waals surface area (Å²) in [5.74, 6) is 1.01. The van der Waals surface area contributed by atoms with Gasteiger partial charge in [0.15, 0.2) is 9.84 Å². The highest BCUT2D eigenvalue weighted by Crippen LogP contribution is 2.41. The zero-order chi connectivity index (χ0) is 12.8. The lowest BCUT2D eigenvalue weighted by atomic mass is 9.77. The third kappa shape index (κ3) is 2.13. The maximum atomic E-state index is 12.2. The van der Waals surface area contributed by atoms with E-state index >= 15 is 0 Å². The second-order valence-electron chi connectivity index (χ2n) is 6.40. The van der Waals surface area contributed by atoms with Crippen molar-refractivity contribution in [2.75, 3.05) is 0 Å². The van der Waals surface area contributed by atoms with Crippen LogP contribution in [0.3, 0.4) is 0 Å². The van der Waals surface area contributed by atoms with E-state index in [2.05, 4.69) is 0 Å². The molecule has 3 aliphatic rings. The second kappa shape index (κ2) is 4.62. The zero-order valence-corrected chi connectivity index (χ0v) is 11.6. The first kappa shape index (κ1) is 12.6. The molecule has 2 aliphatic heterocycles. The fourth-order valence-corrected chi connectivity index (χ4v) is 6.36. The molecule has 3 fully saturated rings. The van der Waals surface area contributed by atoms with Gasteiger partial charge in [0.1, 0.15) is 5.78 Å². The van der Waals surface area contributed by atoms with E-state index in [1.54, 1.807) is 0 Å². The summed E-state index contributed by atoms with van der Waals surface area (Å²) in [6, 6.07) is 0. The van der Waals surface area contributed by atoms with Gasteiger partial charge in [0.25, 0.3) is 0 Å². The standard InChI is InChI=1S/C14H22O3S/c15-14(7-10-3-1-4-10)11-8-12-5-2-6-13(9-11)18(12,16)17/h10-13H,1-9H2. The number of ketones is 1. The lowest BCUT2D eigenvalue weighted by molar-refractivity contribution is -0.125. The largest absolute Gasteiger partial charge is 0.299 e. The molecule has 0 aromatic rings. The maximum Gasteiger partial charge on any atom is 0.156 e. The molecule has 2 atom stereocenters. The highest BCUT2D eigenvalue weighted by molar-refractivity contribution is 7.92. The number of sulfone groups is 1. The van der Waals surface area contributed by atoms with Crippen LogP contribution in [0.1, 0.15) is 57.8 Å². The van der Waals surface area contributed by atoms with Crippen LogP contribution >= 0.6 is 0 Å². The summed E-state index contributed by atoms with van der Waals surface area (Å²) in [6.45, 7) is 0. The summed E-state index contributed by atoms with van der Waals surface area (Å²) >= 11 is 0. The average Bonchev–Trinajstić information content (AvgIpc) is 2.21. The van der Waals surface area contributed by atoms with Gasteiger partial charge >= 0.3 is 0 Å². The first-order chi connectivity index (χ1) is 8.57. The van der Waals surface area contributed by atoms with Crippen molar-refractivity contribution in [2.45, 2.75) is 68.3 Å².